The summed E-state index contributed by atoms with van der Waals surface area (Å²) in [6.45, 7) is 6.71. The highest BCUT2D eigenvalue weighted by Gasteiger charge is 2.18. The van der Waals surface area contributed by atoms with E-state index < -0.39 is 6.10 Å². The van der Waals surface area contributed by atoms with Gasteiger partial charge in [0.15, 0.2) is 6.10 Å². The average Bonchev–Trinajstić information content (AvgIpc) is 2.59. The second-order valence-corrected chi connectivity index (χ2v) is 6.16. The topological polar surface area (TPSA) is 38.3 Å². The minimum atomic E-state index is -0.439. The molecule has 0 saturated carbocycles. The normalized spacial score (nSPS) is 11.8. The minimum absolute atomic E-state index is 0.0374. The van der Waals surface area contributed by atoms with Crippen LogP contribution in [0.1, 0.15) is 36.5 Å². The summed E-state index contributed by atoms with van der Waals surface area (Å²) >= 11 is 0. The summed E-state index contributed by atoms with van der Waals surface area (Å²) < 4.78 is 5.87. The maximum Gasteiger partial charge on any atom is 0.261 e. The smallest absolute Gasteiger partial charge is 0.261 e. The fourth-order valence-corrected chi connectivity index (χ4v) is 2.54. The Bertz CT molecular complexity index is 649. The highest BCUT2D eigenvalue weighted by Crippen LogP contribution is 2.18. The summed E-state index contributed by atoms with van der Waals surface area (Å²) in [7, 11) is 0. The molecule has 128 valence electrons. The number of nitrogens with one attached hydrogen (secondary N) is 1. The second kappa shape index (κ2) is 9.11. The molecule has 3 nitrogen and oxygen atoms in total. The summed E-state index contributed by atoms with van der Waals surface area (Å²) in [5, 5.41) is 2.99. The lowest BCUT2D eigenvalue weighted by molar-refractivity contribution is -0.128. The first-order valence-electron chi connectivity index (χ1n) is 8.65. The van der Waals surface area contributed by atoms with Gasteiger partial charge in [0, 0.05) is 6.54 Å². The lowest BCUT2D eigenvalue weighted by Gasteiger charge is -2.18. The summed E-state index contributed by atoms with van der Waals surface area (Å²) in [4.78, 5) is 12.3. The van der Waals surface area contributed by atoms with E-state index in [-0.39, 0.29) is 5.91 Å². The van der Waals surface area contributed by atoms with Crippen LogP contribution in [0, 0.1) is 13.8 Å². The lowest BCUT2D eigenvalue weighted by Crippen LogP contribution is -2.38. The van der Waals surface area contributed by atoms with Gasteiger partial charge in [0.1, 0.15) is 5.75 Å². The van der Waals surface area contributed by atoms with Crippen molar-refractivity contribution >= 4 is 5.91 Å². The van der Waals surface area contributed by atoms with E-state index in [2.05, 4.69) is 36.5 Å². The quantitative estimate of drug-likeness (QED) is 0.738. The van der Waals surface area contributed by atoms with Crippen molar-refractivity contribution in [1.29, 1.82) is 0 Å². The van der Waals surface area contributed by atoms with Crippen LogP contribution in [0.5, 0.6) is 5.75 Å². The number of rotatable bonds is 8. The Balaban J connectivity index is 1.77. The Morgan fingerprint density at radius 1 is 1.08 bits per heavy atom. The van der Waals surface area contributed by atoms with E-state index in [1.165, 1.54) is 11.1 Å². The van der Waals surface area contributed by atoms with Gasteiger partial charge in [0.2, 0.25) is 0 Å². The number of ether oxygens (including phenoxy) is 1. The molecule has 0 aliphatic rings. The largest absolute Gasteiger partial charge is 0.480 e. The SMILES string of the molecule is CC[C@@H](Oc1ccccc1C)C(=O)NCCCc1ccc(C)cc1. The third-order valence-corrected chi connectivity index (χ3v) is 4.09. The van der Waals surface area contributed by atoms with Crippen LogP contribution in [0.2, 0.25) is 0 Å². The fraction of sp³-hybridized carbons (Fsp3) is 0.381. The third kappa shape index (κ3) is 5.41. The van der Waals surface area contributed by atoms with Crippen LogP contribution in [0.4, 0.5) is 0 Å². The van der Waals surface area contributed by atoms with E-state index in [0.717, 1.165) is 24.2 Å². The van der Waals surface area contributed by atoms with E-state index in [1.54, 1.807) is 0 Å². The van der Waals surface area contributed by atoms with Gasteiger partial charge in [-0.2, -0.15) is 0 Å². The predicted molar refractivity (Wildman–Crippen MR) is 98.4 cm³/mol. The number of aryl methyl sites for hydroxylation is 3. The first-order valence-corrected chi connectivity index (χ1v) is 8.65. The zero-order valence-corrected chi connectivity index (χ0v) is 14.8. The van der Waals surface area contributed by atoms with Gasteiger partial charge in [0.05, 0.1) is 0 Å². The molecule has 0 aromatic heterocycles. The molecule has 1 atom stereocenters. The summed E-state index contributed by atoms with van der Waals surface area (Å²) in [5.74, 6) is 0.740. The van der Waals surface area contributed by atoms with Crippen LogP contribution in [-0.2, 0) is 11.2 Å². The van der Waals surface area contributed by atoms with Gasteiger partial charge in [-0.25, -0.2) is 0 Å². The number of benzene rings is 2. The van der Waals surface area contributed by atoms with Crippen LogP contribution >= 0.6 is 0 Å². The molecular formula is C21H27NO2. The van der Waals surface area contributed by atoms with Gasteiger partial charge in [0.25, 0.3) is 5.91 Å². The molecular weight excluding hydrogens is 298 g/mol. The van der Waals surface area contributed by atoms with Crippen molar-refractivity contribution in [2.75, 3.05) is 6.54 Å². The van der Waals surface area contributed by atoms with Gasteiger partial charge in [-0.05, 0) is 50.3 Å². The van der Waals surface area contributed by atoms with Crippen molar-refractivity contribution in [3.8, 4) is 5.75 Å². The van der Waals surface area contributed by atoms with Gasteiger partial charge >= 0.3 is 0 Å². The molecule has 0 unspecified atom stereocenters. The van der Waals surface area contributed by atoms with E-state index in [9.17, 15) is 4.79 Å². The molecule has 2 rings (SSSR count). The molecule has 0 aliphatic carbocycles. The van der Waals surface area contributed by atoms with Crippen LogP contribution < -0.4 is 10.1 Å². The molecule has 0 fully saturated rings. The van der Waals surface area contributed by atoms with Gasteiger partial charge in [-0.15, -0.1) is 0 Å². The van der Waals surface area contributed by atoms with E-state index >= 15 is 0 Å². The number of amides is 1. The summed E-state index contributed by atoms with van der Waals surface area (Å²) in [5.41, 5.74) is 3.62. The van der Waals surface area contributed by atoms with Crippen LogP contribution in [0.15, 0.2) is 48.5 Å². The maximum absolute atomic E-state index is 12.3. The van der Waals surface area contributed by atoms with Crippen LogP contribution in [-0.4, -0.2) is 18.6 Å². The van der Waals surface area contributed by atoms with Crippen LogP contribution in [0.25, 0.3) is 0 Å². The molecule has 0 spiro atoms. The van der Waals surface area contributed by atoms with Crippen molar-refractivity contribution < 1.29 is 9.53 Å². The second-order valence-electron chi connectivity index (χ2n) is 6.16. The molecule has 0 radical (unpaired) electrons. The number of carbonyl (C=O) groups excluding carboxylic acids is 1. The van der Waals surface area contributed by atoms with Crippen molar-refractivity contribution in [3.63, 3.8) is 0 Å². The lowest BCUT2D eigenvalue weighted by atomic mass is 10.1. The van der Waals surface area contributed by atoms with E-state index in [1.807, 2.05) is 38.1 Å². The zero-order valence-electron chi connectivity index (χ0n) is 14.8. The molecule has 2 aromatic rings. The first kappa shape index (κ1) is 18.1. The Morgan fingerprint density at radius 3 is 2.46 bits per heavy atom. The number of hydrogen-bond donors (Lipinski definition) is 1. The highest BCUT2D eigenvalue weighted by molar-refractivity contribution is 5.81. The monoisotopic (exact) mass is 325 g/mol. The molecule has 24 heavy (non-hydrogen) atoms. The Morgan fingerprint density at radius 2 is 1.79 bits per heavy atom. The number of carbonyl (C=O) groups is 1. The molecule has 3 heteroatoms. The maximum atomic E-state index is 12.3. The Hall–Kier alpha value is -2.29. The average molecular weight is 325 g/mol. The number of hydrogen-bond acceptors (Lipinski definition) is 2. The summed E-state index contributed by atoms with van der Waals surface area (Å²) in [6.07, 6.45) is 2.11. The minimum Gasteiger partial charge on any atom is -0.480 e. The third-order valence-electron chi connectivity index (χ3n) is 4.09. The van der Waals surface area contributed by atoms with Gasteiger partial charge < -0.3 is 10.1 Å². The first-order chi connectivity index (χ1) is 11.6. The molecule has 1 amide bonds. The summed E-state index contributed by atoms with van der Waals surface area (Å²) in [6, 6.07) is 16.3. The standard InChI is InChI=1S/C21H27NO2/c1-4-19(24-20-10-6-5-8-17(20)3)21(23)22-15-7-9-18-13-11-16(2)12-14-18/h5-6,8,10-14,19H,4,7,9,15H2,1-3H3,(H,22,23)/t19-/m1/s1. The predicted octanol–water partition coefficient (Wildman–Crippen LogP) is 4.21. The molecule has 2 aromatic carbocycles. The van der Waals surface area contributed by atoms with Crippen molar-refractivity contribution in [2.45, 2.75) is 46.1 Å². The Labute approximate surface area is 145 Å². The molecule has 0 heterocycles. The van der Waals surface area contributed by atoms with Crippen molar-refractivity contribution in [1.82, 2.24) is 5.32 Å². The molecule has 0 bridgehead atoms. The van der Waals surface area contributed by atoms with Gasteiger partial charge in [-0.1, -0.05) is 55.0 Å². The van der Waals surface area contributed by atoms with Crippen molar-refractivity contribution in [2.24, 2.45) is 0 Å². The van der Waals surface area contributed by atoms with Crippen molar-refractivity contribution in [3.05, 3.63) is 65.2 Å². The van der Waals surface area contributed by atoms with Gasteiger partial charge in [-0.3, -0.25) is 4.79 Å². The van der Waals surface area contributed by atoms with E-state index in [0.29, 0.717) is 13.0 Å². The highest BCUT2D eigenvalue weighted by atomic mass is 16.5. The van der Waals surface area contributed by atoms with E-state index in [4.69, 9.17) is 4.74 Å². The number of para-hydroxylation sites is 1. The molecule has 0 saturated heterocycles. The zero-order chi connectivity index (χ0) is 17.4. The molecule has 1 N–H and O–H groups in total. The fourth-order valence-electron chi connectivity index (χ4n) is 2.54. The Kier molecular flexibility index (Phi) is 6.86. The van der Waals surface area contributed by atoms with Crippen LogP contribution in [0.3, 0.4) is 0 Å². The molecule has 0 aliphatic heterocycles.